The van der Waals surface area contributed by atoms with Crippen molar-refractivity contribution in [3.63, 3.8) is 0 Å². The van der Waals surface area contributed by atoms with Crippen molar-refractivity contribution < 1.29 is 9.90 Å². The monoisotopic (exact) mass is 227 g/mol. The first kappa shape index (κ1) is 10.5. The molecule has 0 aromatic carbocycles. The number of nitrogens with zero attached hydrogens (tertiary/aromatic N) is 1. The summed E-state index contributed by atoms with van der Waals surface area (Å²) >= 11 is 1.37. The predicted octanol–water partition coefficient (Wildman–Crippen LogP) is -0.144. The quantitative estimate of drug-likeness (QED) is 0.668. The highest BCUT2D eigenvalue weighted by molar-refractivity contribution is 7.09. The van der Waals surface area contributed by atoms with Gasteiger partial charge < -0.3 is 16.2 Å². The summed E-state index contributed by atoms with van der Waals surface area (Å²) in [6.45, 7) is 0.343. The zero-order valence-electron chi connectivity index (χ0n) is 8.19. The number of aliphatic hydroxyl groups excluding tert-OH is 1. The van der Waals surface area contributed by atoms with Crippen molar-refractivity contribution in [2.75, 3.05) is 6.61 Å². The fourth-order valence-corrected chi connectivity index (χ4v) is 1.94. The number of amides is 1. The minimum atomic E-state index is -0.385. The maximum absolute atomic E-state index is 11.7. The Bertz CT molecular complexity index is 373. The molecule has 1 aliphatic rings. The van der Waals surface area contributed by atoms with Gasteiger partial charge in [-0.3, -0.25) is 4.79 Å². The number of nitrogens with two attached hydrogens (primary N) is 1. The summed E-state index contributed by atoms with van der Waals surface area (Å²) in [5, 5.41) is 14.3. The van der Waals surface area contributed by atoms with Crippen LogP contribution in [0.15, 0.2) is 5.38 Å². The number of aliphatic hydroxyl groups is 1. The summed E-state index contributed by atoms with van der Waals surface area (Å²) in [6, 6.07) is 0. The molecule has 0 atom stereocenters. The maximum Gasteiger partial charge on any atom is 0.271 e. The first-order valence-corrected chi connectivity index (χ1v) is 5.65. The summed E-state index contributed by atoms with van der Waals surface area (Å²) in [5.41, 5.74) is 5.41. The summed E-state index contributed by atoms with van der Waals surface area (Å²) in [7, 11) is 0. The zero-order chi connectivity index (χ0) is 10.9. The van der Waals surface area contributed by atoms with E-state index in [0.717, 1.165) is 17.8 Å². The van der Waals surface area contributed by atoms with Crippen LogP contribution >= 0.6 is 11.3 Å². The van der Waals surface area contributed by atoms with Crippen molar-refractivity contribution in [1.82, 2.24) is 10.3 Å². The third-order valence-corrected chi connectivity index (χ3v) is 3.37. The van der Waals surface area contributed by atoms with Crippen molar-refractivity contribution in [3.05, 3.63) is 16.1 Å². The van der Waals surface area contributed by atoms with Crippen LogP contribution < -0.4 is 11.1 Å². The average molecular weight is 227 g/mol. The molecule has 1 amide bonds. The molecule has 0 spiro atoms. The molecule has 82 valence electrons. The lowest BCUT2D eigenvalue weighted by atomic mass is 10.3. The minimum absolute atomic E-state index is 0.00732. The molecule has 6 heteroatoms. The molecule has 2 rings (SSSR count). The van der Waals surface area contributed by atoms with Crippen molar-refractivity contribution in [1.29, 1.82) is 0 Å². The minimum Gasteiger partial charge on any atom is -0.394 e. The van der Waals surface area contributed by atoms with E-state index in [-0.39, 0.29) is 18.1 Å². The second kappa shape index (κ2) is 3.88. The highest BCUT2D eigenvalue weighted by atomic mass is 32.1. The number of hydrogen-bond acceptors (Lipinski definition) is 5. The van der Waals surface area contributed by atoms with E-state index in [1.807, 2.05) is 0 Å². The van der Waals surface area contributed by atoms with E-state index in [4.69, 9.17) is 10.8 Å². The average Bonchev–Trinajstić information content (AvgIpc) is 2.85. The Hall–Kier alpha value is -0.980. The highest BCUT2D eigenvalue weighted by Gasteiger charge is 2.43. The molecule has 1 heterocycles. The first-order chi connectivity index (χ1) is 7.19. The largest absolute Gasteiger partial charge is 0.394 e. The van der Waals surface area contributed by atoms with Gasteiger partial charge in [0.2, 0.25) is 0 Å². The predicted molar refractivity (Wildman–Crippen MR) is 56.5 cm³/mol. The van der Waals surface area contributed by atoms with Crippen LogP contribution in [0.5, 0.6) is 0 Å². The number of carbonyl (C=O) groups excluding carboxylic acids is 1. The molecule has 0 aliphatic heterocycles. The van der Waals surface area contributed by atoms with Gasteiger partial charge in [-0.2, -0.15) is 0 Å². The fraction of sp³-hybridized carbons (Fsp3) is 0.556. The molecular formula is C9H13N3O2S. The van der Waals surface area contributed by atoms with Crippen LogP contribution in [0.1, 0.15) is 28.3 Å². The van der Waals surface area contributed by atoms with Crippen molar-refractivity contribution >= 4 is 17.2 Å². The molecule has 1 fully saturated rings. The summed E-state index contributed by atoms with van der Waals surface area (Å²) in [6.07, 6.45) is 1.67. The number of thiazole rings is 1. The second-order valence-corrected chi connectivity index (χ2v) is 4.67. The molecule has 0 radical (unpaired) electrons. The molecule has 1 aliphatic carbocycles. The van der Waals surface area contributed by atoms with Crippen LogP contribution in [-0.4, -0.2) is 28.1 Å². The van der Waals surface area contributed by atoms with Gasteiger partial charge in [-0.25, -0.2) is 4.98 Å². The Morgan fingerprint density at radius 3 is 2.93 bits per heavy atom. The Morgan fingerprint density at radius 2 is 2.47 bits per heavy atom. The van der Waals surface area contributed by atoms with Crippen molar-refractivity contribution in [2.45, 2.75) is 24.9 Å². The van der Waals surface area contributed by atoms with E-state index >= 15 is 0 Å². The SMILES string of the molecule is NCc1nc(C(=O)NC2(CO)CC2)cs1. The number of aromatic nitrogens is 1. The van der Waals surface area contributed by atoms with Crippen LogP contribution in [0.25, 0.3) is 0 Å². The first-order valence-electron chi connectivity index (χ1n) is 4.77. The van der Waals surface area contributed by atoms with E-state index in [2.05, 4.69) is 10.3 Å². The lowest BCUT2D eigenvalue weighted by Crippen LogP contribution is -2.39. The van der Waals surface area contributed by atoms with Gasteiger partial charge in [0.05, 0.1) is 12.1 Å². The van der Waals surface area contributed by atoms with Crippen LogP contribution in [0.3, 0.4) is 0 Å². The lowest BCUT2D eigenvalue weighted by Gasteiger charge is -2.12. The van der Waals surface area contributed by atoms with Gasteiger partial charge in [0, 0.05) is 11.9 Å². The topological polar surface area (TPSA) is 88.2 Å². The number of hydrogen-bond donors (Lipinski definition) is 3. The van der Waals surface area contributed by atoms with Crippen molar-refractivity contribution in [3.8, 4) is 0 Å². The van der Waals surface area contributed by atoms with E-state index in [9.17, 15) is 4.79 Å². The zero-order valence-corrected chi connectivity index (χ0v) is 9.01. The fourth-order valence-electron chi connectivity index (χ4n) is 1.29. The molecule has 1 saturated carbocycles. The van der Waals surface area contributed by atoms with Crippen LogP contribution in [0, 0.1) is 0 Å². The molecule has 0 bridgehead atoms. The van der Waals surface area contributed by atoms with Gasteiger partial charge >= 0.3 is 0 Å². The highest BCUT2D eigenvalue weighted by Crippen LogP contribution is 2.34. The van der Waals surface area contributed by atoms with Gasteiger partial charge in [-0.1, -0.05) is 0 Å². The molecule has 5 nitrogen and oxygen atoms in total. The van der Waals surface area contributed by atoms with E-state index in [1.54, 1.807) is 5.38 Å². The number of carbonyl (C=O) groups is 1. The molecule has 1 aromatic heterocycles. The smallest absolute Gasteiger partial charge is 0.271 e. The molecule has 15 heavy (non-hydrogen) atoms. The summed E-state index contributed by atoms with van der Waals surface area (Å²) < 4.78 is 0. The van der Waals surface area contributed by atoms with Gasteiger partial charge in [-0.15, -0.1) is 11.3 Å². The normalized spacial score (nSPS) is 17.5. The van der Waals surface area contributed by atoms with Gasteiger partial charge in [0.1, 0.15) is 10.7 Å². The second-order valence-electron chi connectivity index (χ2n) is 3.72. The van der Waals surface area contributed by atoms with Gasteiger partial charge in [-0.05, 0) is 12.8 Å². The number of rotatable bonds is 4. The number of nitrogens with one attached hydrogen (secondary N) is 1. The van der Waals surface area contributed by atoms with Gasteiger partial charge in [0.25, 0.3) is 5.91 Å². The van der Waals surface area contributed by atoms with Crippen LogP contribution in [-0.2, 0) is 6.54 Å². The van der Waals surface area contributed by atoms with Crippen molar-refractivity contribution in [2.24, 2.45) is 5.73 Å². The van der Waals surface area contributed by atoms with Gasteiger partial charge in [0.15, 0.2) is 0 Å². The third kappa shape index (κ3) is 2.17. The lowest BCUT2D eigenvalue weighted by molar-refractivity contribution is 0.0902. The summed E-state index contributed by atoms with van der Waals surface area (Å²) in [5.74, 6) is -0.225. The summed E-state index contributed by atoms with van der Waals surface area (Å²) in [4.78, 5) is 15.7. The van der Waals surface area contributed by atoms with Crippen LogP contribution in [0.2, 0.25) is 0 Å². The Labute approximate surface area is 91.3 Å². The molecular weight excluding hydrogens is 214 g/mol. The molecule has 4 N–H and O–H groups in total. The molecule has 0 saturated heterocycles. The Morgan fingerprint density at radius 1 is 1.73 bits per heavy atom. The van der Waals surface area contributed by atoms with Crippen LogP contribution in [0.4, 0.5) is 0 Å². The Kier molecular flexibility index (Phi) is 2.72. The Balaban J connectivity index is 2.01. The molecule has 0 unspecified atom stereocenters. The van der Waals surface area contributed by atoms with E-state index in [1.165, 1.54) is 11.3 Å². The van der Waals surface area contributed by atoms with E-state index < -0.39 is 0 Å². The standard InChI is InChI=1S/C9H13N3O2S/c10-3-7-11-6(4-15-7)8(14)12-9(5-13)1-2-9/h4,13H,1-3,5,10H2,(H,12,14). The van der Waals surface area contributed by atoms with E-state index in [0.29, 0.717) is 12.2 Å². The maximum atomic E-state index is 11.7. The molecule has 1 aromatic rings. The third-order valence-electron chi connectivity index (χ3n) is 2.49.